The Morgan fingerprint density at radius 2 is 0.817 bits per heavy atom. The van der Waals surface area contributed by atoms with Gasteiger partial charge in [-0.05, 0) is 0 Å². The predicted molar refractivity (Wildman–Crippen MR) is 284 cm³/mol. The average Bonchev–Trinajstić information content (AvgIpc) is 0.753. The fraction of sp³-hybridized carbons (Fsp3) is 0.922. The van der Waals surface area contributed by atoms with Gasteiger partial charge in [0.25, 0.3) is 5.79 Å². The van der Waals surface area contributed by atoms with Gasteiger partial charge in [-0.15, -0.1) is 0 Å². The van der Waals surface area contributed by atoms with Crippen LogP contribution < -0.4 is 16.0 Å². The van der Waals surface area contributed by atoms with Gasteiger partial charge in [0.2, 0.25) is 17.7 Å². The van der Waals surface area contributed by atoms with Crippen LogP contribution in [-0.2, 0) is 80.8 Å². The van der Waals surface area contributed by atoms with E-state index in [1.165, 1.54) is 0 Å². The Kier molecular flexibility index (Phi) is 27.2. The number of rotatable bonds is 25. The molecular weight excluding hydrogens is 1280 g/mol. The highest BCUT2D eigenvalue weighted by Gasteiger charge is 2.63. The fourth-order valence-corrected chi connectivity index (χ4v) is 11.9. The van der Waals surface area contributed by atoms with Gasteiger partial charge in [0.15, 0.2) is 37.7 Å². The van der Waals surface area contributed by atoms with Crippen LogP contribution in [0.25, 0.3) is 0 Å². The van der Waals surface area contributed by atoms with Crippen LogP contribution in [0.3, 0.4) is 0 Å². The number of aliphatic hydroxyl groups is 21. The molecule has 0 aromatic rings. The van der Waals surface area contributed by atoms with Crippen molar-refractivity contribution in [1.29, 1.82) is 0 Å². The van der Waals surface area contributed by atoms with Crippen molar-refractivity contribution in [3.63, 3.8) is 0 Å². The van der Waals surface area contributed by atoms with Gasteiger partial charge in [-0.3, -0.25) is 14.4 Å². The van der Waals surface area contributed by atoms with Crippen LogP contribution in [-0.4, -0.2) is 403 Å². The lowest BCUT2D eigenvalue weighted by atomic mass is 9.87. The van der Waals surface area contributed by atoms with Gasteiger partial charge in [-0.25, -0.2) is 4.79 Å². The maximum Gasteiger partial charge on any atom is 0.364 e. The van der Waals surface area contributed by atoms with Crippen molar-refractivity contribution in [1.82, 2.24) is 16.0 Å². The predicted octanol–water partition coefficient (Wildman–Crippen LogP) is -16.6. The number of carbonyl (C=O) groups excluding carboxylic acids is 3. The highest BCUT2D eigenvalue weighted by molar-refractivity contribution is 5.77. The van der Waals surface area contributed by atoms with Crippen molar-refractivity contribution < 1.29 is 193 Å². The molecule has 36 atom stereocenters. The van der Waals surface area contributed by atoms with E-state index in [4.69, 9.17) is 61.6 Å². The summed E-state index contributed by atoms with van der Waals surface area (Å²) in [7, 11) is 0. The van der Waals surface area contributed by atoms with E-state index >= 15 is 0 Å². The molecule has 0 bridgehead atoms. The third-order valence-corrected chi connectivity index (χ3v) is 16.7. The minimum Gasteiger partial charge on any atom is -0.477 e. The minimum absolute atomic E-state index is 0.841. The summed E-state index contributed by atoms with van der Waals surface area (Å²) in [6.07, 6.45) is -70.5. The van der Waals surface area contributed by atoms with E-state index in [1.54, 1.807) is 0 Å². The van der Waals surface area contributed by atoms with Crippen molar-refractivity contribution in [3.05, 3.63) is 0 Å². The number of nitrogens with one attached hydrogen (secondary N) is 3. The number of hydrogen-bond donors (Lipinski definition) is 25. The minimum atomic E-state index is -3.44. The Morgan fingerprint density at radius 3 is 1.34 bits per heavy atom. The summed E-state index contributed by atoms with van der Waals surface area (Å²) in [6, 6.07) is -5.85. The maximum atomic E-state index is 13.8. The highest BCUT2D eigenvalue weighted by atomic mass is 16.8. The van der Waals surface area contributed by atoms with Crippen LogP contribution in [0.1, 0.15) is 27.2 Å². The second kappa shape index (κ2) is 32.9. The van der Waals surface area contributed by atoms with E-state index in [0.717, 1.165) is 20.8 Å². The molecule has 42 heteroatoms. The Hall–Kier alpha value is -3.48. The molecule has 0 aliphatic carbocycles. The third kappa shape index (κ3) is 16.6. The molecule has 42 nitrogen and oxygen atoms in total. The molecule has 3 amide bonds. The van der Waals surface area contributed by atoms with E-state index in [0.29, 0.717) is 0 Å². The van der Waals surface area contributed by atoms with Crippen LogP contribution in [0.4, 0.5) is 0 Å². The SMILES string of the molecule is CC(=O)N[C@H]1[C@H](O[C@@H]2[C@H](O[C@H]3O[C@H](CO)[C@H](O)[C@H](O[C@@H]4O[C@H](CO)[C@@H](O[C@@H]5O[C@H](CO)[C@H](O)[C@H](O)[C@H]5O)[C@H](O[C@]5(C(=O)O)C[C@H](O)[C@@H](NC(C)=O)[C@H]([C@H](O)[C@H](O)CO)O5)[C@H]4NC(C)=O)[C@H]3O)[C@@H](O)[C@H](O[C@H]3[C@H](O)[C@@H](O)[C@H](O)O[C@@H]3CO)O[C@@H]2CO)O[C@H](CO)[C@H](O)[C@@H]1O. The molecule has 7 saturated heterocycles. The van der Waals surface area contributed by atoms with Crippen molar-refractivity contribution in [3.8, 4) is 0 Å². The number of carboxylic acid groups (broad SMARTS) is 1. The van der Waals surface area contributed by atoms with Gasteiger partial charge in [0.1, 0.15) is 165 Å². The number of aliphatic hydroxyl groups excluding tert-OH is 21. The smallest absolute Gasteiger partial charge is 0.364 e. The summed E-state index contributed by atoms with van der Waals surface area (Å²) >= 11 is 0. The number of aliphatic carboxylic acids is 1. The Labute approximate surface area is 525 Å². The molecule has 7 aliphatic rings. The first-order valence-corrected chi connectivity index (χ1v) is 29.3. The molecular formula is C51H85N3O39. The first-order valence-electron chi connectivity index (χ1n) is 29.3. The normalized spacial score (nSPS) is 47.2. The van der Waals surface area contributed by atoms with Gasteiger partial charge in [0, 0.05) is 27.2 Å². The quantitative estimate of drug-likeness (QED) is 0.0404. The lowest BCUT2D eigenvalue weighted by Gasteiger charge is -2.53. The van der Waals surface area contributed by atoms with Gasteiger partial charge in [-0.2, -0.15) is 0 Å². The maximum absolute atomic E-state index is 13.8. The molecule has 0 spiro atoms. The topological polar surface area (TPSA) is 669 Å². The summed E-state index contributed by atoms with van der Waals surface area (Å²) in [5.41, 5.74) is 0. The lowest BCUT2D eigenvalue weighted by Crippen LogP contribution is -2.73. The summed E-state index contributed by atoms with van der Waals surface area (Å²) < 4.78 is 76.7. The van der Waals surface area contributed by atoms with Crippen molar-refractivity contribution >= 4 is 23.7 Å². The van der Waals surface area contributed by atoms with Crippen LogP contribution in [0.15, 0.2) is 0 Å². The number of carboxylic acids is 1. The number of hydrogen-bond acceptors (Lipinski definition) is 38. The van der Waals surface area contributed by atoms with Crippen molar-refractivity contribution in [2.24, 2.45) is 0 Å². The second-order valence-corrected chi connectivity index (χ2v) is 23.2. The molecule has 7 rings (SSSR count). The van der Waals surface area contributed by atoms with Crippen molar-refractivity contribution in [2.45, 2.75) is 248 Å². The Bertz CT molecular complexity index is 2410. The first kappa shape index (κ1) is 76.9. The van der Waals surface area contributed by atoms with Gasteiger partial charge in [0.05, 0.1) is 58.4 Å². The summed E-state index contributed by atoms with van der Waals surface area (Å²) in [5.74, 6) is -8.54. The molecule has 7 aliphatic heterocycles. The van der Waals surface area contributed by atoms with Crippen molar-refractivity contribution in [2.75, 3.05) is 46.2 Å². The molecule has 0 aromatic carbocycles. The third-order valence-electron chi connectivity index (χ3n) is 16.7. The molecule has 538 valence electrons. The molecule has 0 saturated carbocycles. The summed E-state index contributed by atoms with van der Waals surface area (Å²) in [5, 5.41) is 247. The molecule has 7 fully saturated rings. The lowest BCUT2D eigenvalue weighted by molar-refractivity contribution is -0.405. The van der Waals surface area contributed by atoms with Crippen LogP contribution >= 0.6 is 0 Å². The number of amides is 3. The highest BCUT2D eigenvalue weighted by Crippen LogP contribution is 2.42. The van der Waals surface area contributed by atoms with Gasteiger partial charge < -0.3 is 190 Å². The zero-order valence-electron chi connectivity index (χ0n) is 49.6. The van der Waals surface area contributed by atoms with E-state index in [2.05, 4.69) is 16.0 Å². The fourth-order valence-electron chi connectivity index (χ4n) is 11.9. The number of ether oxygens (including phenoxy) is 13. The van der Waals surface area contributed by atoms with E-state index in [-0.39, 0.29) is 0 Å². The molecule has 93 heavy (non-hydrogen) atoms. The van der Waals surface area contributed by atoms with Crippen LogP contribution in [0.5, 0.6) is 0 Å². The Balaban J connectivity index is 1.31. The molecule has 0 radical (unpaired) electrons. The second-order valence-electron chi connectivity index (χ2n) is 23.2. The Morgan fingerprint density at radius 1 is 0.419 bits per heavy atom. The average molecular weight is 1360 g/mol. The standard InChI is InChI=1S/C51H85N3O39/c1-12(62)52-23-15(65)4-51(50(79)80,92-40(23)26(67)16(66)5-55)93-41-25(54-14(3)64)46(85-21(10-60)38(41)89-47-34(75)31(72)28(69)18(7-57)83-47)90-42-29(70)19(8-58)84-48(35(42)76)91-43-36(77)49(87-37-20(9-59)81-44(78)33(74)32(37)73)86-22(11-61)39(43)88-45-24(53-13(2)63)30(71)27(68)17(6-56)82-45/h15-49,55-61,65-78H,4-11H2,1-3H3,(H,52,62)(H,53,63)(H,54,64)(H,79,80)/t15-,16+,17+,18+,19+,20+,21+,22+,23+,24+,25+,26+,27-,28-,29-,30+,31-,32+,33+,34+,35+,36+,37+,38+,39-,40+,41+,42-,43+,44+,45-,46-,47-,48+,49-,51-/m0/s1. The molecule has 0 aromatic heterocycles. The zero-order chi connectivity index (χ0) is 69.0. The molecule has 7 heterocycles. The first-order chi connectivity index (χ1) is 43.8. The molecule has 0 unspecified atom stereocenters. The number of carbonyl (C=O) groups is 4. The summed E-state index contributed by atoms with van der Waals surface area (Å²) in [6.45, 7) is -5.37. The zero-order valence-corrected chi connectivity index (χ0v) is 49.6. The molecule has 25 N–H and O–H groups in total. The summed E-state index contributed by atoms with van der Waals surface area (Å²) in [4.78, 5) is 52.1. The van der Waals surface area contributed by atoms with Gasteiger partial charge in [-0.1, -0.05) is 0 Å². The van der Waals surface area contributed by atoms with E-state index in [1.807, 2.05) is 0 Å². The monoisotopic (exact) mass is 1360 g/mol. The van der Waals surface area contributed by atoms with E-state index in [9.17, 15) is 132 Å². The largest absolute Gasteiger partial charge is 0.477 e. The van der Waals surface area contributed by atoms with Crippen LogP contribution in [0.2, 0.25) is 0 Å². The van der Waals surface area contributed by atoms with Gasteiger partial charge >= 0.3 is 5.97 Å². The van der Waals surface area contributed by atoms with Crippen LogP contribution in [0, 0.1) is 0 Å². The van der Waals surface area contributed by atoms with E-state index < -0.39 is 297 Å².